The molecule has 0 aliphatic carbocycles. The van der Waals surface area contributed by atoms with Crippen molar-refractivity contribution in [2.24, 2.45) is 5.73 Å². The number of alkyl carbamates (subject to hydrolysis) is 1. The average Bonchev–Trinajstić information content (AvgIpc) is 2.19. The van der Waals surface area contributed by atoms with Gasteiger partial charge in [-0.2, -0.15) is 0 Å². The summed E-state index contributed by atoms with van der Waals surface area (Å²) in [6.45, 7) is 7.49. The highest BCUT2D eigenvalue weighted by molar-refractivity contribution is 5.68. The highest BCUT2D eigenvalue weighted by Crippen LogP contribution is 2.08. The number of carbonyl (C=O) groups is 1. The second-order valence-electron chi connectivity index (χ2n) is 4.69. The molecule has 96 valence electrons. The lowest BCUT2D eigenvalue weighted by atomic mass is 10.1. The number of hydrogen-bond acceptors (Lipinski definition) is 4. The van der Waals surface area contributed by atoms with Crippen molar-refractivity contribution in [2.45, 2.75) is 45.3 Å². The monoisotopic (exact) mass is 231 g/mol. The van der Waals surface area contributed by atoms with E-state index in [1.807, 2.05) is 20.8 Å². The highest BCUT2D eigenvalue weighted by Gasteiger charge is 2.20. The van der Waals surface area contributed by atoms with Gasteiger partial charge in [0.1, 0.15) is 5.60 Å². The van der Waals surface area contributed by atoms with E-state index in [1.54, 1.807) is 0 Å². The molecule has 1 saturated heterocycles. The van der Waals surface area contributed by atoms with Gasteiger partial charge in [-0.3, -0.25) is 0 Å². The lowest BCUT2D eigenvalue weighted by molar-refractivity contribution is 0.0497. The molecule has 1 heterocycles. The van der Waals surface area contributed by atoms with E-state index >= 15 is 0 Å². The van der Waals surface area contributed by atoms with Crippen LogP contribution in [0.5, 0.6) is 0 Å². The zero-order valence-corrected chi connectivity index (χ0v) is 10.8. The van der Waals surface area contributed by atoms with Gasteiger partial charge in [0.05, 0.1) is 0 Å². The summed E-state index contributed by atoms with van der Waals surface area (Å²) in [5.41, 5.74) is 4.09. The molecule has 1 aliphatic rings. The molecular weight excluding hydrogens is 206 g/mol. The molecule has 5 heteroatoms. The Morgan fingerprint density at radius 1 is 1.44 bits per heavy atom. The van der Waals surface area contributed by atoms with Crippen molar-refractivity contribution in [1.82, 2.24) is 10.6 Å². The summed E-state index contributed by atoms with van der Waals surface area (Å²) in [6, 6.07) is 0.221. The summed E-state index contributed by atoms with van der Waals surface area (Å²) >= 11 is 0. The van der Waals surface area contributed by atoms with Gasteiger partial charge in [-0.25, -0.2) is 4.79 Å². The molecule has 0 radical (unpaired) electrons. The van der Waals surface area contributed by atoms with Crippen LogP contribution in [0.3, 0.4) is 0 Å². The SMILES string of the molecule is CC(C)(C)OC(=O)NC1CCCNC1.CN. The minimum Gasteiger partial charge on any atom is -0.444 e. The summed E-state index contributed by atoms with van der Waals surface area (Å²) in [5.74, 6) is 0. The summed E-state index contributed by atoms with van der Waals surface area (Å²) in [4.78, 5) is 11.4. The van der Waals surface area contributed by atoms with Crippen LogP contribution in [-0.4, -0.2) is 37.9 Å². The van der Waals surface area contributed by atoms with Crippen molar-refractivity contribution < 1.29 is 9.53 Å². The molecule has 1 aliphatic heterocycles. The molecule has 4 N–H and O–H groups in total. The van der Waals surface area contributed by atoms with Gasteiger partial charge in [0.2, 0.25) is 0 Å². The Bertz CT molecular complexity index is 196. The van der Waals surface area contributed by atoms with Crippen molar-refractivity contribution >= 4 is 6.09 Å². The van der Waals surface area contributed by atoms with E-state index in [2.05, 4.69) is 16.4 Å². The van der Waals surface area contributed by atoms with Gasteiger partial charge in [-0.15, -0.1) is 0 Å². The average molecular weight is 231 g/mol. The number of amides is 1. The molecule has 0 spiro atoms. The normalized spacial score (nSPS) is 20.4. The highest BCUT2D eigenvalue weighted by atomic mass is 16.6. The molecule has 1 fully saturated rings. The molecule has 0 aromatic heterocycles. The lowest BCUT2D eigenvalue weighted by Crippen LogP contribution is -2.47. The number of rotatable bonds is 1. The van der Waals surface area contributed by atoms with Crippen LogP contribution < -0.4 is 16.4 Å². The fourth-order valence-electron chi connectivity index (χ4n) is 1.45. The third-order valence-corrected chi connectivity index (χ3v) is 2.02. The Morgan fingerprint density at radius 2 is 2.06 bits per heavy atom. The van der Waals surface area contributed by atoms with Gasteiger partial charge in [-0.1, -0.05) is 0 Å². The Balaban J connectivity index is 0.00000106. The Morgan fingerprint density at radius 3 is 2.50 bits per heavy atom. The van der Waals surface area contributed by atoms with Gasteiger partial charge >= 0.3 is 6.09 Å². The number of piperidine rings is 1. The van der Waals surface area contributed by atoms with Crippen molar-refractivity contribution in [3.05, 3.63) is 0 Å². The van der Waals surface area contributed by atoms with Crippen LogP contribution in [0.1, 0.15) is 33.6 Å². The number of hydrogen-bond donors (Lipinski definition) is 3. The molecule has 5 nitrogen and oxygen atoms in total. The molecule has 0 bridgehead atoms. The van der Waals surface area contributed by atoms with Gasteiger partial charge < -0.3 is 21.1 Å². The lowest BCUT2D eigenvalue weighted by Gasteiger charge is -2.26. The summed E-state index contributed by atoms with van der Waals surface area (Å²) in [7, 11) is 1.50. The molecule has 16 heavy (non-hydrogen) atoms. The van der Waals surface area contributed by atoms with Gasteiger partial charge in [0, 0.05) is 12.6 Å². The first kappa shape index (κ1) is 15.2. The van der Waals surface area contributed by atoms with Gasteiger partial charge in [-0.05, 0) is 47.2 Å². The number of nitrogens with two attached hydrogens (primary N) is 1. The van der Waals surface area contributed by atoms with Crippen molar-refractivity contribution in [1.29, 1.82) is 0 Å². The molecule has 0 aromatic carbocycles. The minimum atomic E-state index is -0.411. The van der Waals surface area contributed by atoms with Crippen LogP contribution in [-0.2, 0) is 4.74 Å². The smallest absolute Gasteiger partial charge is 0.407 e. The Hall–Kier alpha value is -0.810. The van der Waals surface area contributed by atoms with Crippen molar-refractivity contribution in [2.75, 3.05) is 20.1 Å². The van der Waals surface area contributed by atoms with E-state index in [9.17, 15) is 4.79 Å². The molecule has 1 amide bonds. The van der Waals surface area contributed by atoms with Crippen LogP contribution in [0.15, 0.2) is 0 Å². The minimum absolute atomic E-state index is 0.221. The van der Waals surface area contributed by atoms with E-state index in [1.165, 1.54) is 7.05 Å². The largest absolute Gasteiger partial charge is 0.444 e. The maximum absolute atomic E-state index is 11.4. The topological polar surface area (TPSA) is 76.4 Å². The van der Waals surface area contributed by atoms with Crippen LogP contribution in [0, 0.1) is 0 Å². The maximum atomic E-state index is 11.4. The molecule has 0 saturated carbocycles. The summed E-state index contributed by atoms with van der Waals surface area (Å²) < 4.78 is 5.16. The summed E-state index contributed by atoms with van der Waals surface area (Å²) in [5, 5.41) is 6.08. The second kappa shape index (κ2) is 7.46. The molecule has 1 unspecified atom stereocenters. The summed E-state index contributed by atoms with van der Waals surface area (Å²) in [6.07, 6.45) is 1.83. The standard InChI is InChI=1S/C10H20N2O2.CH5N/c1-10(2,3)14-9(13)12-8-5-4-6-11-7-8;1-2/h8,11H,4-7H2,1-3H3,(H,12,13);2H2,1H3. The Kier molecular flexibility index (Phi) is 7.08. The third kappa shape index (κ3) is 7.48. The van der Waals surface area contributed by atoms with Crippen LogP contribution in [0.25, 0.3) is 0 Å². The fourth-order valence-corrected chi connectivity index (χ4v) is 1.45. The molecule has 1 atom stereocenters. The second-order valence-corrected chi connectivity index (χ2v) is 4.69. The number of nitrogens with one attached hydrogen (secondary N) is 2. The first-order chi connectivity index (χ1) is 7.47. The van der Waals surface area contributed by atoms with E-state index < -0.39 is 5.60 Å². The third-order valence-electron chi connectivity index (χ3n) is 2.02. The van der Waals surface area contributed by atoms with E-state index in [0.717, 1.165) is 25.9 Å². The zero-order valence-electron chi connectivity index (χ0n) is 10.8. The molecular formula is C11H25N3O2. The Labute approximate surface area is 98.1 Å². The first-order valence-electron chi connectivity index (χ1n) is 5.75. The van der Waals surface area contributed by atoms with Crippen LogP contribution >= 0.6 is 0 Å². The predicted octanol–water partition coefficient (Wildman–Crippen LogP) is 0.838. The number of carbonyl (C=O) groups excluding carboxylic acids is 1. The van der Waals surface area contributed by atoms with Gasteiger partial charge in [0.25, 0.3) is 0 Å². The van der Waals surface area contributed by atoms with E-state index in [-0.39, 0.29) is 12.1 Å². The van der Waals surface area contributed by atoms with Gasteiger partial charge in [0.15, 0.2) is 0 Å². The van der Waals surface area contributed by atoms with E-state index in [0.29, 0.717) is 0 Å². The van der Waals surface area contributed by atoms with Crippen LogP contribution in [0.4, 0.5) is 4.79 Å². The zero-order chi connectivity index (χ0) is 12.6. The maximum Gasteiger partial charge on any atom is 0.407 e. The predicted molar refractivity (Wildman–Crippen MR) is 65.4 cm³/mol. The van der Waals surface area contributed by atoms with Crippen molar-refractivity contribution in [3.63, 3.8) is 0 Å². The van der Waals surface area contributed by atoms with Crippen LogP contribution in [0.2, 0.25) is 0 Å². The van der Waals surface area contributed by atoms with Crippen molar-refractivity contribution in [3.8, 4) is 0 Å². The van der Waals surface area contributed by atoms with E-state index in [4.69, 9.17) is 4.74 Å². The molecule has 1 rings (SSSR count). The number of ether oxygens (including phenoxy) is 1. The first-order valence-corrected chi connectivity index (χ1v) is 5.75. The molecule has 0 aromatic rings. The fraction of sp³-hybridized carbons (Fsp3) is 0.909. The quantitative estimate of drug-likeness (QED) is 0.625.